The molecule has 0 spiro atoms. The van der Waals surface area contributed by atoms with Crippen LogP contribution in [0.4, 0.5) is 4.79 Å². The first-order valence-corrected chi connectivity index (χ1v) is 10.6. The van der Waals surface area contributed by atoms with E-state index in [9.17, 15) is 9.59 Å². The minimum atomic E-state index is -0.499. The van der Waals surface area contributed by atoms with Gasteiger partial charge in [0.05, 0.1) is 27.9 Å². The van der Waals surface area contributed by atoms with Gasteiger partial charge in [0, 0.05) is 19.5 Å². The number of rotatable bonds is 8. The number of likely N-dealkylation sites (tertiary alicyclic amines) is 1. The highest BCUT2D eigenvalue weighted by molar-refractivity contribution is 5.70. The number of piperidine rings is 1. The smallest absolute Gasteiger partial charge is 0.410 e. The largest absolute Gasteiger partial charge is 0.493 e. The fraction of sp³-hybridized carbons (Fsp3) is 0.652. The first-order valence-electron chi connectivity index (χ1n) is 10.6. The topological polar surface area (TPSA) is 83.5 Å². The Morgan fingerprint density at radius 2 is 1.58 bits per heavy atom. The lowest BCUT2D eigenvalue weighted by molar-refractivity contribution is -0.145. The zero-order valence-electron chi connectivity index (χ0n) is 19.5. The Bertz CT molecular complexity index is 724. The number of esters is 1. The summed E-state index contributed by atoms with van der Waals surface area (Å²) in [5.74, 6) is 1.64. The van der Waals surface area contributed by atoms with Crippen LogP contribution < -0.4 is 14.2 Å². The van der Waals surface area contributed by atoms with Gasteiger partial charge in [-0.3, -0.25) is 4.79 Å². The van der Waals surface area contributed by atoms with Crippen molar-refractivity contribution in [1.82, 2.24) is 4.90 Å². The molecule has 174 valence electrons. The lowest BCUT2D eigenvalue weighted by atomic mass is 9.98. The van der Waals surface area contributed by atoms with E-state index < -0.39 is 5.60 Å². The van der Waals surface area contributed by atoms with Crippen molar-refractivity contribution in [2.75, 3.05) is 41.0 Å². The number of ether oxygens (including phenoxy) is 5. The number of carbonyl (C=O) groups is 2. The van der Waals surface area contributed by atoms with Crippen LogP contribution in [0.1, 0.15) is 45.6 Å². The zero-order chi connectivity index (χ0) is 23.0. The summed E-state index contributed by atoms with van der Waals surface area (Å²) in [6, 6.07) is 3.67. The second-order valence-corrected chi connectivity index (χ2v) is 8.63. The Kier molecular flexibility index (Phi) is 8.83. The molecule has 0 atom stereocenters. The van der Waals surface area contributed by atoms with Gasteiger partial charge in [0.1, 0.15) is 5.60 Å². The molecule has 8 heteroatoms. The van der Waals surface area contributed by atoms with E-state index in [1.165, 1.54) is 0 Å². The highest BCUT2D eigenvalue weighted by Gasteiger charge is 2.27. The Labute approximate surface area is 184 Å². The van der Waals surface area contributed by atoms with Gasteiger partial charge < -0.3 is 28.6 Å². The summed E-state index contributed by atoms with van der Waals surface area (Å²) >= 11 is 0. The molecular weight excluding hydrogens is 402 g/mol. The van der Waals surface area contributed by atoms with Gasteiger partial charge >= 0.3 is 12.1 Å². The number of methoxy groups -OCH3 is 3. The number of hydrogen-bond acceptors (Lipinski definition) is 7. The third kappa shape index (κ3) is 7.52. The van der Waals surface area contributed by atoms with Crippen molar-refractivity contribution in [2.45, 2.75) is 52.1 Å². The van der Waals surface area contributed by atoms with Crippen LogP contribution in [0.25, 0.3) is 0 Å². The quantitative estimate of drug-likeness (QED) is 0.572. The summed E-state index contributed by atoms with van der Waals surface area (Å²) < 4.78 is 26.9. The summed E-state index contributed by atoms with van der Waals surface area (Å²) in [6.45, 7) is 7.17. The summed E-state index contributed by atoms with van der Waals surface area (Å²) in [4.78, 5) is 26.1. The van der Waals surface area contributed by atoms with Gasteiger partial charge in [-0.25, -0.2) is 4.79 Å². The molecule has 2 rings (SSSR count). The third-order valence-corrected chi connectivity index (χ3v) is 5.09. The van der Waals surface area contributed by atoms with Gasteiger partial charge in [-0.15, -0.1) is 0 Å². The van der Waals surface area contributed by atoms with Crippen molar-refractivity contribution in [3.8, 4) is 17.2 Å². The van der Waals surface area contributed by atoms with Crippen LogP contribution in [0.15, 0.2) is 12.1 Å². The molecule has 1 saturated heterocycles. The molecule has 0 N–H and O–H groups in total. The summed E-state index contributed by atoms with van der Waals surface area (Å²) in [6.07, 6.45) is 2.06. The van der Waals surface area contributed by atoms with Crippen molar-refractivity contribution in [2.24, 2.45) is 5.92 Å². The van der Waals surface area contributed by atoms with E-state index in [4.69, 9.17) is 23.7 Å². The monoisotopic (exact) mass is 437 g/mol. The molecule has 8 nitrogen and oxygen atoms in total. The van der Waals surface area contributed by atoms with E-state index in [0.717, 1.165) is 18.4 Å². The van der Waals surface area contributed by atoms with Gasteiger partial charge in [-0.05, 0) is 63.6 Å². The highest BCUT2D eigenvalue weighted by atomic mass is 16.6. The fourth-order valence-electron chi connectivity index (χ4n) is 3.42. The maximum Gasteiger partial charge on any atom is 0.410 e. The van der Waals surface area contributed by atoms with Gasteiger partial charge in [0.15, 0.2) is 11.5 Å². The van der Waals surface area contributed by atoms with Crippen LogP contribution in [0.2, 0.25) is 0 Å². The number of aryl methyl sites for hydroxylation is 1. The number of benzene rings is 1. The lowest BCUT2D eigenvalue weighted by Crippen LogP contribution is -2.42. The SMILES string of the molecule is COc1cc(CCC(=O)OCC2CCN(C(=O)OC(C)(C)C)CC2)cc(OC)c1OC. The molecular formula is C23H35NO7. The van der Waals surface area contributed by atoms with Crippen LogP contribution >= 0.6 is 0 Å². The van der Waals surface area contributed by atoms with Crippen molar-refractivity contribution < 1.29 is 33.3 Å². The van der Waals surface area contributed by atoms with E-state index in [1.807, 2.05) is 32.9 Å². The predicted molar refractivity (Wildman–Crippen MR) is 116 cm³/mol. The second kappa shape index (κ2) is 11.1. The summed E-state index contributed by atoms with van der Waals surface area (Å²) in [5.41, 5.74) is 0.401. The van der Waals surface area contributed by atoms with Crippen LogP contribution in [0.5, 0.6) is 17.2 Å². The minimum Gasteiger partial charge on any atom is -0.493 e. The molecule has 0 saturated carbocycles. The average molecular weight is 438 g/mol. The van der Waals surface area contributed by atoms with Gasteiger partial charge in [0.25, 0.3) is 0 Å². The summed E-state index contributed by atoms with van der Waals surface area (Å²) in [7, 11) is 4.67. The molecule has 0 radical (unpaired) electrons. The van der Waals surface area contributed by atoms with E-state index >= 15 is 0 Å². The number of amides is 1. The number of hydrogen-bond donors (Lipinski definition) is 0. The Hall–Kier alpha value is -2.64. The maximum absolute atomic E-state index is 12.2. The van der Waals surface area contributed by atoms with E-state index in [2.05, 4.69) is 0 Å². The Balaban J connectivity index is 1.76. The van der Waals surface area contributed by atoms with Crippen LogP contribution in [-0.4, -0.2) is 63.6 Å². The molecule has 1 amide bonds. The molecule has 1 aliphatic heterocycles. The first kappa shape index (κ1) is 24.6. The Morgan fingerprint density at radius 3 is 2.06 bits per heavy atom. The normalized spacial score (nSPS) is 14.7. The summed E-state index contributed by atoms with van der Waals surface area (Å²) in [5, 5.41) is 0. The molecule has 31 heavy (non-hydrogen) atoms. The van der Waals surface area contributed by atoms with Gasteiger partial charge in [-0.2, -0.15) is 0 Å². The van der Waals surface area contributed by atoms with Crippen molar-refractivity contribution in [1.29, 1.82) is 0 Å². The van der Waals surface area contributed by atoms with Crippen molar-refractivity contribution in [3.63, 3.8) is 0 Å². The van der Waals surface area contributed by atoms with Crippen molar-refractivity contribution in [3.05, 3.63) is 17.7 Å². The lowest BCUT2D eigenvalue weighted by Gasteiger charge is -2.33. The van der Waals surface area contributed by atoms with Crippen LogP contribution in [0, 0.1) is 5.92 Å². The Morgan fingerprint density at radius 1 is 1.00 bits per heavy atom. The number of nitrogens with zero attached hydrogens (tertiary/aromatic N) is 1. The molecule has 1 aromatic rings. The maximum atomic E-state index is 12.2. The van der Waals surface area contributed by atoms with E-state index in [-0.39, 0.29) is 24.4 Å². The number of carbonyl (C=O) groups excluding carboxylic acids is 2. The molecule has 0 unspecified atom stereocenters. The molecule has 0 aromatic heterocycles. The molecule has 0 bridgehead atoms. The average Bonchev–Trinajstić information content (AvgIpc) is 2.74. The molecule has 1 fully saturated rings. The van der Waals surface area contributed by atoms with Crippen molar-refractivity contribution >= 4 is 12.1 Å². The molecule has 1 heterocycles. The van der Waals surface area contributed by atoms with Crippen LogP contribution in [0.3, 0.4) is 0 Å². The highest BCUT2D eigenvalue weighted by Crippen LogP contribution is 2.38. The minimum absolute atomic E-state index is 0.247. The third-order valence-electron chi connectivity index (χ3n) is 5.09. The predicted octanol–water partition coefficient (Wildman–Crippen LogP) is 3.84. The standard InChI is InChI=1S/C23H35NO7/c1-23(2,3)31-22(26)24-11-9-16(10-12-24)15-30-20(25)8-7-17-13-18(27-4)21(29-6)19(14-17)28-5/h13-14,16H,7-12,15H2,1-6H3. The molecule has 1 aliphatic rings. The van der Waals surface area contributed by atoms with E-state index in [0.29, 0.717) is 43.4 Å². The van der Waals surface area contributed by atoms with Gasteiger partial charge in [-0.1, -0.05) is 0 Å². The molecule has 0 aliphatic carbocycles. The molecule has 1 aromatic carbocycles. The first-order chi connectivity index (χ1) is 14.7. The van der Waals surface area contributed by atoms with Gasteiger partial charge in [0.2, 0.25) is 5.75 Å². The van der Waals surface area contributed by atoms with E-state index in [1.54, 1.807) is 26.2 Å². The van der Waals surface area contributed by atoms with Crippen LogP contribution in [-0.2, 0) is 20.7 Å². The fourth-order valence-corrected chi connectivity index (χ4v) is 3.42. The zero-order valence-corrected chi connectivity index (χ0v) is 19.5. The second-order valence-electron chi connectivity index (χ2n) is 8.63.